The fourth-order valence-corrected chi connectivity index (χ4v) is 5.86. The summed E-state index contributed by atoms with van der Waals surface area (Å²) in [5, 5.41) is 2.84. The Bertz CT molecular complexity index is 1560. The number of rotatable bonds is 8. The van der Waals surface area contributed by atoms with Gasteiger partial charge in [-0.05, 0) is 92.4 Å². The summed E-state index contributed by atoms with van der Waals surface area (Å²) in [6, 6.07) is 20.9. The topological polar surface area (TPSA) is 114 Å². The molecular weight excluding hydrogens is 540 g/mol. The van der Waals surface area contributed by atoms with Crippen molar-refractivity contribution in [3.63, 3.8) is 0 Å². The van der Waals surface area contributed by atoms with Gasteiger partial charge in [-0.1, -0.05) is 24.3 Å². The first-order valence-corrected chi connectivity index (χ1v) is 14.9. The number of carbonyl (C=O) groups is 2. The van der Waals surface area contributed by atoms with Crippen LogP contribution in [0.25, 0.3) is 11.1 Å². The molecule has 2 saturated heterocycles. The molecule has 4 heterocycles. The standard InChI is InChI=1S/C34H36N6O3/c35-32-31(43-23-24-5-3-6-27(19-24)33(41)38-29-7-4-14-36-22-29)20-28(21-37-32)25-8-10-26(11-9-25)34(42)40-17-12-30(13-18-40)39-15-1-2-16-39/h3-11,14,19-22,30H,1-2,12-13,15-18,23H2,(H2,35,37)(H,38,41). The lowest BCUT2D eigenvalue weighted by molar-refractivity contribution is 0.0644. The number of nitrogens with one attached hydrogen (secondary N) is 1. The Kier molecular flexibility index (Phi) is 8.60. The third kappa shape index (κ3) is 6.84. The number of benzene rings is 2. The van der Waals surface area contributed by atoms with Gasteiger partial charge in [0.15, 0.2) is 11.6 Å². The number of ether oxygens (including phenoxy) is 1. The van der Waals surface area contributed by atoms with Crippen LogP contribution in [0.15, 0.2) is 85.3 Å². The SMILES string of the molecule is Nc1ncc(-c2ccc(C(=O)N3CCC(N4CCCC4)CC3)cc2)cc1OCc1cccc(C(=O)Nc2cccnc2)c1. The zero-order valence-electron chi connectivity index (χ0n) is 24.1. The minimum atomic E-state index is -0.230. The summed E-state index contributed by atoms with van der Waals surface area (Å²) in [7, 11) is 0. The molecule has 0 saturated carbocycles. The number of anilines is 2. The van der Waals surface area contributed by atoms with E-state index in [9.17, 15) is 9.59 Å². The number of carbonyl (C=O) groups excluding carboxylic acids is 2. The molecule has 0 aliphatic carbocycles. The second-order valence-electron chi connectivity index (χ2n) is 11.1. The number of hydrogen-bond donors (Lipinski definition) is 2. The van der Waals surface area contributed by atoms with Gasteiger partial charge in [0.25, 0.3) is 11.8 Å². The van der Waals surface area contributed by atoms with Crippen LogP contribution in [0.1, 0.15) is 52.0 Å². The Morgan fingerprint density at radius 3 is 2.42 bits per heavy atom. The van der Waals surface area contributed by atoms with Crippen LogP contribution < -0.4 is 15.8 Å². The van der Waals surface area contributed by atoms with Gasteiger partial charge >= 0.3 is 0 Å². The molecule has 0 bridgehead atoms. The molecule has 2 amide bonds. The van der Waals surface area contributed by atoms with Gasteiger partial charge in [0, 0.05) is 48.2 Å². The van der Waals surface area contributed by atoms with E-state index < -0.39 is 0 Å². The third-order valence-corrected chi connectivity index (χ3v) is 8.26. The van der Waals surface area contributed by atoms with Gasteiger partial charge in [-0.2, -0.15) is 0 Å². The molecule has 0 radical (unpaired) electrons. The van der Waals surface area contributed by atoms with Gasteiger partial charge in [-0.15, -0.1) is 0 Å². The predicted octanol–water partition coefficient (Wildman–Crippen LogP) is 5.26. The Hall–Kier alpha value is -4.76. The van der Waals surface area contributed by atoms with E-state index >= 15 is 0 Å². The molecule has 0 spiro atoms. The molecule has 4 aromatic rings. The summed E-state index contributed by atoms with van der Waals surface area (Å²) in [5.74, 6) is 0.579. The van der Waals surface area contributed by atoms with Crippen molar-refractivity contribution >= 4 is 23.3 Å². The number of piperidine rings is 1. The highest BCUT2D eigenvalue weighted by atomic mass is 16.5. The van der Waals surface area contributed by atoms with Gasteiger partial charge in [0.1, 0.15) is 6.61 Å². The summed E-state index contributed by atoms with van der Waals surface area (Å²) in [6.07, 6.45) is 9.64. The first-order chi connectivity index (χ1) is 21.0. The highest BCUT2D eigenvalue weighted by molar-refractivity contribution is 6.04. The normalized spacial score (nSPS) is 15.8. The monoisotopic (exact) mass is 576 g/mol. The predicted molar refractivity (Wildman–Crippen MR) is 167 cm³/mol. The molecular formula is C34H36N6O3. The smallest absolute Gasteiger partial charge is 0.255 e. The number of nitrogens with two attached hydrogens (primary N) is 1. The summed E-state index contributed by atoms with van der Waals surface area (Å²) in [6.45, 7) is 4.23. The number of nitrogens with zero attached hydrogens (tertiary/aromatic N) is 4. The number of nitrogen functional groups attached to an aromatic ring is 1. The molecule has 0 unspecified atom stereocenters. The van der Waals surface area contributed by atoms with Crippen molar-refractivity contribution in [1.82, 2.24) is 19.8 Å². The van der Waals surface area contributed by atoms with Crippen LogP contribution in [0.5, 0.6) is 5.75 Å². The number of likely N-dealkylation sites (tertiary alicyclic amines) is 2. The Labute approximate surface area is 251 Å². The highest BCUT2D eigenvalue weighted by Crippen LogP contribution is 2.29. The van der Waals surface area contributed by atoms with E-state index in [0.717, 1.165) is 42.6 Å². The molecule has 6 rings (SSSR count). The van der Waals surface area contributed by atoms with Crippen molar-refractivity contribution in [3.8, 4) is 16.9 Å². The lowest BCUT2D eigenvalue weighted by atomic mass is 10.0. The number of pyridine rings is 2. The fourth-order valence-electron chi connectivity index (χ4n) is 5.86. The molecule has 9 nitrogen and oxygen atoms in total. The number of amides is 2. The maximum absolute atomic E-state index is 13.2. The van der Waals surface area contributed by atoms with Gasteiger partial charge in [-0.25, -0.2) is 4.98 Å². The van der Waals surface area contributed by atoms with E-state index in [0.29, 0.717) is 28.6 Å². The van der Waals surface area contributed by atoms with Crippen LogP contribution in [0, 0.1) is 0 Å². The van der Waals surface area contributed by atoms with Crippen LogP contribution in [0.3, 0.4) is 0 Å². The minimum Gasteiger partial charge on any atom is -0.485 e. The number of hydrogen-bond acceptors (Lipinski definition) is 7. The van der Waals surface area contributed by atoms with Crippen molar-refractivity contribution in [2.45, 2.75) is 38.3 Å². The summed E-state index contributed by atoms with van der Waals surface area (Å²) < 4.78 is 6.03. The Balaban J connectivity index is 1.07. The van der Waals surface area contributed by atoms with E-state index in [4.69, 9.17) is 10.5 Å². The van der Waals surface area contributed by atoms with E-state index in [2.05, 4.69) is 20.2 Å². The Morgan fingerprint density at radius 1 is 0.884 bits per heavy atom. The summed E-state index contributed by atoms with van der Waals surface area (Å²) in [4.78, 5) is 38.8. The average Bonchev–Trinajstić information content (AvgIpc) is 3.60. The molecule has 220 valence electrons. The van der Waals surface area contributed by atoms with Crippen molar-refractivity contribution < 1.29 is 14.3 Å². The van der Waals surface area contributed by atoms with Crippen molar-refractivity contribution in [2.24, 2.45) is 0 Å². The van der Waals surface area contributed by atoms with Crippen LogP contribution in [-0.4, -0.2) is 63.8 Å². The highest BCUT2D eigenvalue weighted by Gasteiger charge is 2.28. The molecule has 43 heavy (non-hydrogen) atoms. The van der Waals surface area contributed by atoms with Gasteiger partial charge in [-0.3, -0.25) is 14.6 Å². The van der Waals surface area contributed by atoms with Crippen LogP contribution >= 0.6 is 0 Å². The fraction of sp³-hybridized carbons (Fsp3) is 0.294. The molecule has 2 fully saturated rings. The van der Waals surface area contributed by atoms with Gasteiger partial charge < -0.3 is 25.6 Å². The minimum absolute atomic E-state index is 0.0854. The lowest BCUT2D eigenvalue weighted by Gasteiger charge is -2.36. The molecule has 3 N–H and O–H groups in total. The van der Waals surface area contributed by atoms with Crippen molar-refractivity contribution in [2.75, 3.05) is 37.2 Å². The second-order valence-corrected chi connectivity index (χ2v) is 11.1. The van der Waals surface area contributed by atoms with E-state index in [-0.39, 0.29) is 24.2 Å². The van der Waals surface area contributed by atoms with E-state index in [1.807, 2.05) is 47.4 Å². The van der Waals surface area contributed by atoms with Crippen molar-refractivity contribution in [1.29, 1.82) is 0 Å². The summed E-state index contributed by atoms with van der Waals surface area (Å²) >= 11 is 0. The zero-order chi connectivity index (χ0) is 29.6. The van der Waals surface area contributed by atoms with Crippen LogP contribution in [0.2, 0.25) is 0 Å². The maximum Gasteiger partial charge on any atom is 0.255 e. The van der Waals surface area contributed by atoms with Crippen LogP contribution in [-0.2, 0) is 6.61 Å². The first-order valence-electron chi connectivity index (χ1n) is 14.9. The second kappa shape index (κ2) is 13.0. The molecule has 2 aromatic carbocycles. The van der Waals surface area contributed by atoms with Crippen LogP contribution in [0.4, 0.5) is 11.5 Å². The first kappa shape index (κ1) is 28.4. The van der Waals surface area contributed by atoms with Gasteiger partial charge in [0.05, 0.1) is 11.9 Å². The largest absolute Gasteiger partial charge is 0.485 e. The molecule has 0 atom stereocenters. The third-order valence-electron chi connectivity index (χ3n) is 8.26. The van der Waals surface area contributed by atoms with E-state index in [1.54, 1.807) is 42.9 Å². The molecule has 9 heteroatoms. The maximum atomic E-state index is 13.2. The molecule has 2 aliphatic heterocycles. The van der Waals surface area contributed by atoms with Crippen molar-refractivity contribution in [3.05, 3.63) is 102 Å². The zero-order valence-corrected chi connectivity index (χ0v) is 24.1. The lowest BCUT2D eigenvalue weighted by Crippen LogP contribution is -2.45. The van der Waals surface area contributed by atoms with E-state index in [1.165, 1.54) is 25.9 Å². The van der Waals surface area contributed by atoms with Gasteiger partial charge in [0.2, 0.25) is 0 Å². The summed E-state index contributed by atoms with van der Waals surface area (Å²) in [5.41, 5.74) is 10.5. The average molecular weight is 577 g/mol. The Morgan fingerprint density at radius 2 is 1.67 bits per heavy atom. The number of aromatic nitrogens is 2. The molecule has 2 aromatic heterocycles. The quantitative estimate of drug-likeness (QED) is 0.294. The molecule has 2 aliphatic rings.